The van der Waals surface area contributed by atoms with Crippen LogP contribution in [-0.2, 0) is 33.5 Å². The van der Waals surface area contributed by atoms with E-state index in [-0.39, 0.29) is 30.0 Å². The molecule has 11 nitrogen and oxygen atoms in total. The van der Waals surface area contributed by atoms with Gasteiger partial charge in [-0.05, 0) is 37.6 Å². The molecule has 2 N–H and O–H groups in total. The molecule has 4 aromatic rings. The van der Waals surface area contributed by atoms with Gasteiger partial charge in [-0.15, -0.1) is 11.3 Å². The second kappa shape index (κ2) is 16.7. The van der Waals surface area contributed by atoms with E-state index >= 15 is 0 Å². The van der Waals surface area contributed by atoms with Gasteiger partial charge in [-0.1, -0.05) is 69.0 Å². The molecule has 2 aromatic heterocycles. The summed E-state index contributed by atoms with van der Waals surface area (Å²) >= 11 is 0.337. The van der Waals surface area contributed by atoms with E-state index in [2.05, 4.69) is 46.0 Å². The van der Waals surface area contributed by atoms with Crippen molar-refractivity contribution in [2.24, 2.45) is 5.92 Å². The van der Waals surface area contributed by atoms with Gasteiger partial charge < -0.3 is 15.4 Å². The van der Waals surface area contributed by atoms with Crippen molar-refractivity contribution in [1.82, 2.24) is 30.3 Å². The van der Waals surface area contributed by atoms with Crippen molar-refractivity contribution < 1.29 is 32.3 Å². The number of carbonyl (C=O) groups excluding carboxylic acids is 3. The second-order valence-corrected chi connectivity index (χ2v) is 13.7. The molecule has 2 aliphatic heterocycles. The van der Waals surface area contributed by atoms with Crippen LogP contribution in [0.2, 0.25) is 0 Å². The van der Waals surface area contributed by atoms with Crippen molar-refractivity contribution in [2.45, 2.75) is 58.0 Å². The third-order valence-electron chi connectivity index (χ3n) is 8.87. The van der Waals surface area contributed by atoms with Crippen LogP contribution in [0.1, 0.15) is 47.4 Å². The summed E-state index contributed by atoms with van der Waals surface area (Å²) in [4.78, 5) is 44.9. The Bertz CT molecular complexity index is 1860. The average Bonchev–Trinajstić information content (AvgIpc) is 3.77. The van der Waals surface area contributed by atoms with Gasteiger partial charge in [0, 0.05) is 42.1 Å². The number of para-hydroxylation sites is 1. The zero-order valence-electron chi connectivity index (χ0n) is 29.4. The SMILES string of the molecule is C=C(C(=O)NCc1ccccc1)C(C(C)C)N(C)C1COC1.CCN1C(=O)C(NC(=O)c2csc(C(F)(F)F)n2)Cc2cnn(-c3ccccc3)c21. The highest BCUT2D eigenvalue weighted by molar-refractivity contribution is 7.10. The molecule has 0 aliphatic carbocycles. The molecule has 2 atom stereocenters. The number of benzene rings is 2. The summed E-state index contributed by atoms with van der Waals surface area (Å²) < 4.78 is 45.1. The number of ether oxygens (including phenoxy) is 1. The second-order valence-electron chi connectivity index (χ2n) is 12.8. The summed E-state index contributed by atoms with van der Waals surface area (Å²) in [6.45, 7) is 12.4. The van der Waals surface area contributed by atoms with Crippen LogP contribution in [0.25, 0.3) is 5.69 Å². The molecule has 0 bridgehead atoms. The fourth-order valence-corrected chi connectivity index (χ4v) is 6.82. The Morgan fingerprint density at radius 2 is 1.75 bits per heavy atom. The van der Waals surface area contributed by atoms with Crippen LogP contribution >= 0.6 is 11.3 Å². The smallest absolute Gasteiger partial charge is 0.378 e. The number of hydrogen-bond acceptors (Lipinski definition) is 8. The highest BCUT2D eigenvalue weighted by Crippen LogP contribution is 2.33. The average molecular weight is 738 g/mol. The maximum atomic E-state index is 13.0. The van der Waals surface area contributed by atoms with Gasteiger partial charge in [0.2, 0.25) is 5.91 Å². The lowest BCUT2D eigenvalue weighted by Crippen LogP contribution is -2.54. The molecule has 6 rings (SSSR count). The third-order valence-corrected chi connectivity index (χ3v) is 9.76. The Labute approximate surface area is 304 Å². The molecule has 1 saturated heterocycles. The maximum Gasteiger partial charge on any atom is 0.443 e. The van der Waals surface area contributed by atoms with Crippen LogP contribution < -0.4 is 15.5 Å². The van der Waals surface area contributed by atoms with Gasteiger partial charge >= 0.3 is 6.18 Å². The van der Waals surface area contributed by atoms with Crippen molar-refractivity contribution in [3.05, 3.63) is 106 Å². The molecule has 3 amide bonds. The van der Waals surface area contributed by atoms with Crippen molar-refractivity contribution in [3.8, 4) is 5.69 Å². The van der Waals surface area contributed by atoms with E-state index in [4.69, 9.17) is 4.74 Å². The van der Waals surface area contributed by atoms with Gasteiger partial charge in [0.25, 0.3) is 11.8 Å². The lowest BCUT2D eigenvalue weighted by molar-refractivity contribution is -0.137. The number of fused-ring (bicyclic) bond motifs is 1. The summed E-state index contributed by atoms with van der Waals surface area (Å²) in [5.41, 5.74) is 2.88. The van der Waals surface area contributed by atoms with E-state index < -0.39 is 23.1 Å². The molecule has 52 heavy (non-hydrogen) atoms. The van der Waals surface area contributed by atoms with E-state index in [9.17, 15) is 27.6 Å². The van der Waals surface area contributed by atoms with Crippen LogP contribution in [0.3, 0.4) is 0 Å². The minimum Gasteiger partial charge on any atom is -0.378 e. The molecule has 2 aromatic carbocycles. The molecule has 15 heteroatoms. The Hall–Kier alpha value is -4.86. The largest absolute Gasteiger partial charge is 0.443 e. The summed E-state index contributed by atoms with van der Waals surface area (Å²) in [5.74, 6) is -0.320. The number of nitrogens with one attached hydrogen (secondary N) is 2. The number of anilines is 1. The molecular weight excluding hydrogens is 696 g/mol. The van der Waals surface area contributed by atoms with E-state index in [0.29, 0.717) is 47.8 Å². The summed E-state index contributed by atoms with van der Waals surface area (Å²) in [5, 5.41) is 9.78. The number of hydrogen-bond donors (Lipinski definition) is 2. The Kier molecular flexibility index (Phi) is 12.3. The quantitative estimate of drug-likeness (QED) is 0.201. The number of halogens is 3. The zero-order chi connectivity index (χ0) is 37.6. The number of nitrogens with zero attached hydrogens (tertiary/aromatic N) is 5. The summed E-state index contributed by atoms with van der Waals surface area (Å²) in [6, 6.07) is 18.7. The molecule has 1 fully saturated rings. The first kappa shape index (κ1) is 38.4. The molecule has 0 radical (unpaired) electrons. The van der Waals surface area contributed by atoms with Gasteiger partial charge in [0.1, 0.15) is 17.6 Å². The molecule has 0 spiro atoms. The monoisotopic (exact) mass is 737 g/mol. The minimum absolute atomic E-state index is 0.0321. The van der Waals surface area contributed by atoms with Crippen molar-refractivity contribution in [2.75, 3.05) is 31.7 Å². The standard InChI is InChI=1S/C19H16F3N5O2S.C18H26N2O2/c1-2-26-16-11(9-23-27(16)12-6-4-3-5-7-12)8-13(17(26)29)24-15(28)14-10-30-18(25-14)19(20,21)22;1-13(2)17(20(4)16-11-22-12-16)14(3)18(21)19-10-15-8-6-5-7-9-15/h3-7,9-10,13H,2,8H2,1H3,(H,24,28);5-9,13,16-17H,3,10-12H2,1-2,4H3,(H,19,21). The van der Waals surface area contributed by atoms with Crippen LogP contribution in [0.4, 0.5) is 19.0 Å². The van der Waals surface area contributed by atoms with Gasteiger partial charge in [-0.25, -0.2) is 9.67 Å². The third kappa shape index (κ3) is 8.77. The summed E-state index contributed by atoms with van der Waals surface area (Å²) in [7, 11) is 2.05. The molecule has 2 unspecified atom stereocenters. The number of thiazole rings is 1. The molecule has 2 aliphatic rings. The fourth-order valence-electron chi connectivity index (χ4n) is 6.15. The number of aromatic nitrogens is 3. The normalized spacial score (nSPS) is 16.4. The highest BCUT2D eigenvalue weighted by atomic mass is 32.1. The predicted octanol–water partition coefficient (Wildman–Crippen LogP) is 5.27. The maximum absolute atomic E-state index is 13.0. The first-order chi connectivity index (χ1) is 24.8. The van der Waals surface area contributed by atoms with Crippen molar-refractivity contribution >= 4 is 34.9 Å². The van der Waals surface area contributed by atoms with Crippen molar-refractivity contribution in [3.63, 3.8) is 0 Å². The number of carbonyl (C=O) groups is 3. The van der Waals surface area contributed by atoms with Crippen LogP contribution in [0.5, 0.6) is 0 Å². The number of rotatable bonds is 11. The number of likely N-dealkylation sites (N-methyl/N-ethyl adjacent to an activating group) is 2. The minimum atomic E-state index is -4.62. The van der Waals surface area contributed by atoms with Gasteiger partial charge in [0.15, 0.2) is 5.01 Å². The van der Waals surface area contributed by atoms with Crippen molar-refractivity contribution in [1.29, 1.82) is 0 Å². The van der Waals surface area contributed by atoms with Gasteiger partial charge in [-0.3, -0.25) is 24.2 Å². The Morgan fingerprint density at radius 1 is 1.10 bits per heavy atom. The van der Waals surface area contributed by atoms with E-state index in [1.165, 1.54) is 4.90 Å². The van der Waals surface area contributed by atoms with Crippen LogP contribution in [-0.4, -0.2) is 82.3 Å². The molecule has 0 saturated carbocycles. The topological polar surface area (TPSA) is 122 Å². The first-order valence-electron chi connectivity index (χ1n) is 16.9. The first-order valence-corrected chi connectivity index (χ1v) is 17.8. The lowest BCUT2D eigenvalue weighted by Gasteiger charge is -2.41. The van der Waals surface area contributed by atoms with Crippen LogP contribution in [0, 0.1) is 5.92 Å². The zero-order valence-corrected chi connectivity index (χ0v) is 30.2. The number of alkyl halides is 3. The highest BCUT2D eigenvalue weighted by Gasteiger charge is 2.38. The van der Waals surface area contributed by atoms with Crippen LogP contribution in [0.15, 0.2) is 84.4 Å². The Balaban J connectivity index is 0.000000212. The van der Waals surface area contributed by atoms with E-state index in [1.807, 2.05) is 67.7 Å². The fraction of sp³-hybridized carbons (Fsp3) is 0.378. The van der Waals surface area contributed by atoms with Gasteiger partial charge in [0.05, 0.1) is 31.1 Å². The lowest BCUT2D eigenvalue weighted by atomic mass is 9.93. The molecular formula is C37H42F3N7O4S. The van der Waals surface area contributed by atoms with E-state index in [1.54, 1.807) is 17.8 Å². The predicted molar refractivity (Wildman–Crippen MR) is 192 cm³/mol. The molecule has 276 valence electrons. The number of amides is 3. The van der Waals surface area contributed by atoms with E-state index in [0.717, 1.165) is 35.4 Å². The Morgan fingerprint density at radius 3 is 2.31 bits per heavy atom. The van der Waals surface area contributed by atoms with Gasteiger partial charge in [-0.2, -0.15) is 18.3 Å². The molecule has 4 heterocycles. The summed E-state index contributed by atoms with van der Waals surface area (Å²) in [6.07, 6.45) is -2.81.